The topological polar surface area (TPSA) is 197 Å². The lowest BCUT2D eigenvalue weighted by Gasteiger charge is -2.21. The Hall–Kier alpha value is -5.36. The predicted octanol–water partition coefficient (Wildman–Crippen LogP) is 15.0. The number of carbonyl (C=O) groups excluding carboxylic acids is 3. The summed E-state index contributed by atoms with van der Waals surface area (Å²) in [6.07, 6.45) is 0. The molecule has 0 fully saturated rings. The summed E-state index contributed by atoms with van der Waals surface area (Å²) in [7, 11) is 0. The van der Waals surface area contributed by atoms with Crippen LogP contribution in [0.15, 0.2) is 173 Å². The number of halogens is 6. The van der Waals surface area contributed by atoms with Crippen LogP contribution in [0.4, 0.5) is 0 Å². The largest absolute Gasteiger partial charge is 1.20 e. The number of fused-ring (bicyclic) bond motifs is 12. The smallest absolute Gasteiger partial charge is 0.576 e. The summed E-state index contributed by atoms with van der Waals surface area (Å²) in [6, 6.07) is 40.5. The number of rotatable bonds is 5. The van der Waals surface area contributed by atoms with Crippen molar-refractivity contribution in [3.05, 3.63) is 214 Å². The zero-order chi connectivity index (χ0) is 57.3. The molecule has 0 N–H and O–H groups in total. The molecule has 0 atom stereocenters. The van der Waals surface area contributed by atoms with E-state index in [4.69, 9.17) is 36.0 Å². The minimum atomic E-state index is -3.87. The third-order valence-corrected chi connectivity index (χ3v) is 22.8. The summed E-state index contributed by atoms with van der Waals surface area (Å²) in [5.41, 5.74) is 5.74. The average Bonchev–Trinajstić information content (AvgIpc) is 2.15. The summed E-state index contributed by atoms with van der Waals surface area (Å²) in [6.45, 7) is 0. The van der Waals surface area contributed by atoms with Crippen LogP contribution in [-0.2, 0) is 11.4 Å². The van der Waals surface area contributed by atoms with Crippen molar-refractivity contribution < 1.29 is 50.4 Å². The molecular weight excluding hydrogens is 1780 g/mol. The first-order valence-electron chi connectivity index (χ1n) is 24.7. The average molecular weight is 1800 g/mol. The van der Waals surface area contributed by atoms with Crippen LogP contribution >= 0.6 is 136 Å². The van der Waals surface area contributed by atoms with E-state index in [-0.39, 0.29) is 59.4 Å². The van der Waals surface area contributed by atoms with Gasteiger partial charge in [0.05, 0.1) is 27.4 Å². The highest BCUT2D eigenvalue weighted by molar-refractivity contribution is 14.1. The second kappa shape index (κ2) is 21.9. The van der Waals surface area contributed by atoms with Crippen molar-refractivity contribution in [2.24, 2.45) is 0 Å². The zero-order valence-electron chi connectivity index (χ0n) is 41.4. The van der Waals surface area contributed by atoms with Crippen LogP contribution in [0.25, 0.3) is 100 Å². The van der Waals surface area contributed by atoms with Gasteiger partial charge in [0, 0.05) is 49.5 Å². The molecule has 0 saturated carbocycles. The second-order valence-electron chi connectivity index (χ2n) is 18.7. The van der Waals surface area contributed by atoms with E-state index in [1.54, 1.807) is 109 Å². The number of carbonyl (C=O) groups is 3. The Labute approximate surface area is 558 Å². The highest BCUT2D eigenvalue weighted by atomic mass is 127. The molecule has 8 bridgehead atoms. The Kier molecular flexibility index (Phi) is 14.6. The first kappa shape index (κ1) is 55.5. The molecule has 3 aliphatic carbocycles. The van der Waals surface area contributed by atoms with Gasteiger partial charge in [-0.15, -0.1) is 0 Å². The van der Waals surface area contributed by atoms with Gasteiger partial charge in [-0.3, -0.25) is 14.4 Å². The van der Waals surface area contributed by atoms with Crippen molar-refractivity contribution in [3.63, 3.8) is 0 Å². The van der Waals surface area contributed by atoms with Gasteiger partial charge >= 0.3 is 48.2 Å². The molecular formula is C60H24Al2I6O15. The first-order valence-corrected chi connectivity index (χ1v) is 34.0. The quantitative estimate of drug-likeness (QED) is 0.0895. The molecule has 6 aromatic carbocycles. The van der Waals surface area contributed by atoms with Crippen LogP contribution in [-0.4, -0.2) is 48.2 Å². The third kappa shape index (κ3) is 9.36. The van der Waals surface area contributed by atoms with Crippen molar-refractivity contribution in [1.82, 2.24) is 0 Å². The molecule has 83 heavy (non-hydrogen) atoms. The number of hydrogen-bond acceptors (Lipinski definition) is 15. The van der Waals surface area contributed by atoms with Crippen LogP contribution in [0, 0.1) is 21.4 Å². The molecule has 23 heteroatoms. The van der Waals surface area contributed by atoms with Gasteiger partial charge in [-0.25, -0.2) is 14.4 Å². The van der Waals surface area contributed by atoms with Crippen molar-refractivity contribution in [3.8, 4) is 84.6 Å². The van der Waals surface area contributed by atoms with Gasteiger partial charge in [0.2, 0.25) is 0 Å². The van der Waals surface area contributed by atoms with Gasteiger partial charge in [0.1, 0.15) is 28.0 Å². The molecule has 7 aliphatic heterocycles. The molecule has 16 rings (SSSR count). The van der Waals surface area contributed by atoms with E-state index < -0.39 is 48.2 Å². The minimum Gasteiger partial charge on any atom is -0.576 e. The number of hydrogen-bond donors (Lipinski definition) is 0. The van der Waals surface area contributed by atoms with E-state index in [1.807, 2.05) is 86.0 Å². The molecule has 6 aromatic rings. The minimum absolute atomic E-state index is 0.0609. The third-order valence-electron chi connectivity index (χ3n) is 14.1. The van der Waals surface area contributed by atoms with E-state index in [0.29, 0.717) is 113 Å². The van der Waals surface area contributed by atoms with Crippen LogP contribution < -0.4 is 27.7 Å². The SMILES string of the molecule is O=C1[O][Al]([O]C(=O)c2ccccc2-c2c3ccc(=O)c(I)c-3oc3c(I)c([O][Al]4[O]C(=O)c5ccccc5-c5c6ccc(=O)c(I)c-6oc6c(I)c(ccc56)[O]4)ccc23)[O]c2ccc3c(c4ccc(=O)c(I)c-4oc3c2I)-c2ccccc21. The van der Waals surface area contributed by atoms with Crippen LogP contribution in [0.1, 0.15) is 31.1 Å². The summed E-state index contributed by atoms with van der Waals surface area (Å²) in [5, 5.41) is 1.83. The maximum Gasteiger partial charge on any atom is 1.20 e. The first-order chi connectivity index (χ1) is 40.1. The van der Waals surface area contributed by atoms with E-state index in [9.17, 15) is 24.0 Å². The lowest BCUT2D eigenvalue weighted by molar-refractivity contribution is 0.0528. The highest BCUT2D eigenvalue weighted by Gasteiger charge is 2.51. The van der Waals surface area contributed by atoms with Crippen LogP contribution in [0.2, 0.25) is 0 Å². The Morgan fingerprint density at radius 2 is 0.747 bits per heavy atom. The molecule has 15 nitrogen and oxygen atoms in total. The zero-order valence-corrected chi connectivity index (χ0v) is 56.7. The van der Waals surface area contributed by atoms with Gasteiger partial charge in [-0.2, -0.15) is 0 Å². The summed E-state index contributed by atoms with van der Waals surface area (Å²) >= 11 is 4.65. The van der Waals surface area contributed by atoms with E-state index in [0.717, 1.165) is 0 Å². The maximum absolute atomic E-state index is 15.0. The lowest BCUT2D eigenvalue weighted by Crippen LogP contribution is -2.36. The van der Waals surface area contributed by atoms with Gasteiger partial charge in [-0.05, 0) is 243 Å². The normalized spacial score (nSPS) is 13.0. The lowest BCUT2D eigenvalue weighted by atomic mass is 9.91. The van der Waals surface area contributed by atoms with E-state index in [1.165, 1.54) is 18.2 Å². The van der Waals surface area contributed by atoms with Crippen molar-refractivity contribution in [2.75, 3.05) is 0 Å². The fourth-order valence-corrected chi connectivity index (χ4v) is 17.4. The molecule has 0 saturated heterocycles. The fraction of sp³-hybridized carbons (Fsp3) is 0. The number of benzene rings is 9. The van der Waals surface area contributed by atoms with E-state index >= 15 is 4.79 Å². The Balaban J connectivity index is 0.859. The molecule has 402 valence electrons. The molecule has 0 amide bonds. The molecule has 0 radical (unpaired) electrons. The molecule has 0 spiro atoms. The molecule has 0 unspecified atom stereocenters. The van der Waals surface area contributed by atoms with Gasteiger partial charge < -0.3 is 36.0 Å². The Morgan fingerprint density at radius 1 is 0.361 bits per heavy atom. The molecule has 7 heterocycles. The van der Waals surface area contributed by atoms with Crippen LogP contribution in [0.3, 0.4) is 0 Å². The Bertz CT molecular complexity index is 4960. The monoisotopic (exact) mass is 1800 g/mol. The van der Waals surface area contributed by atoms with Crippen molar-refractivity contribution in [2.45, 2.75) is 0 Å². The summed E-state index contributed by atoms with van der Waals surface area (Å²) < 4.78 is 60.5. The van der Waals surface area contributed by atoms with Crippen LogP contribution in [0.5, 0.6) is 17.2 Å². The molecule has 0 aromatic heterocycles. The van der Waals surface area contributed by atoms with Gasteiger partial charge in [-0.1, -0.05) is 54.6 Å². The van der Waals surface area contributed by atoms with Gasteiger partial charge in [0.15, 0.2) is 50.3 Å². The maximum atomic E-state index is 15.0. The fourth-order valence-electron chi connectivity index (χ4n) is 10.4. The Morgan fingerprint density at radius 3 is 1.23 bits per heavy atom. The predicted molar refractivity (Wildman–Crippen MR) is 360 cm³/mol. The molecule has 10 aliphatic rings. The second-order valence-corrected chi connectivity index (χ2v) is 27.8. The van der Waals surface area contributed by atoms with Crippen molar-refractivity contribution >= 4 is 217 Å². The van der Waals surface area contributed by atoms with Gasteiger partial charge in [0.25, 0.3) is 0 Å². The highest BCUT2D eigenvalue weighted by Crippen LogP contribution is 2.50. The van der Waals surface area contributed by atoms with Crippen molar-refractivity contribution in [1.29, 1.82) is 0 Å². The summed E-state index contributed by atoms with van der Waals surface area (Å²) in [4.78, 5) is 83.3. The standard InChI is InChI=1S/3C20H10I2O5.2Al/c3*21-16-13(23)7-5-11-15(9-3-1-2-4-10(9)20(25)26)12-6-8-14(24)17(22)19(12)27-18(11)16;;/h3*1-8,23H,(H,25,26);;/q;;;2*+3/p-6. The van der Waals surface area contributed by atoms with E-state index in [2.05, 4.69) is 67.8 Å². The summed E-state index contributed by atoms with van der Waals surface area (Å²) in [5.74, 6) is -0.735.